The molecule has 1 heterocycles. The molecule has 1 N–H and O–H groups in total. The maximum atomic E-state index is 10.8. The van der Waals surface area contributed by atoms with E-state index in [4.69, 9.17) is 23.2 Å². The van der Waals surface area contributed by atoms with Gasteiger partial charge in [0.1, 0.15) is 0 Å². The highest BCUT2D eigenvalue weighted by atomic mass is 35.5. The van der Waals surface area contributed by atoms with Crippen molar-refractivity contribution in [3.05, 3.63) is 46.4 Å². The summed E-state index contributed by atoms with van der Waals surface area (Å²) in [6.07, 6.45) is 1.76. The number of fused-ring (bicyclic) bond motifs is 3. The molecule has 26 heavy (non-hydrogen) atoms. The van der Waals surface area contributed by atoms with Gasteiger partial charge in [-0.1, -0.05) is 37.0 Å². The Kier molecular flexibility index (Phi) is 6.46. The van der Waals surface area contributed by atoms with Crippen LogP contribution in [-0.2, 0) is 6.54 Å². The summed E-state index contributed by atoms with van der Waals surface area (Å²) >= 11 is 12.4. The smallest absolute Gasteiger partial charge is 0.0845 e. The van der Waals surface area contributed by atoms with E-state index < -0.39 is 6.10 Å². The summed E-state index contributed by atoms with van der Waals surface area (Å²) in [6, 6.07) is 11.8. The van der Waals surface area contributed by atoms with Crippen molar-refractivity contribution in [3.8, 4) is 0 Å². The van der Waals surface area contributed by atoms with Crippen LogP contribution in [0.25, 0.3) is 21.8 Å². The summed E-state index contributed by atoms with van der Waals surface area (Å²) in [5.41, 5.74) is 2.14. The number of hydrogen-bond donors (Lipinski definition) is 1. The van der Waals surface area contributed by atoms with Crippen LogP contribution < -0.4 is 0 Å². The number of halogens is 2. The first-order chi connectivity index (χ1) is 12.5. The average molecular weight is 393 g/mol. The monoisotopic (exact) mass is 392 g/mol. The summed E-state index contributed by atoms with van der Waals surface area (Å²) in [5, 5.41) is 14.3. The van der Waals surface area contributed by atoms with E-state index in [1.54, 1.807) is 0 Å². The molecule has 1 atom stereocenters. The Hall–Kier alpha value is -1.26. The third kappa shape index (κ3) is 4.17. The molecule has 0 aliphatic heterocycles. The highest BCUT2D eigenvalue weighted by molar-refractivity contribution is 6.33. The summed E-state index contributed by atoms with van der Waals surface area (Å²) < 4.78 is 2.18. The second-order valence-electron chi connectivity index (χ2n) is 6.89. The van der Waals surface area contributed by atoms with Gasteiger partial charge in [0.05, 0.1) is 12.6 Å². The Morgan fingerprint density at radius 2 is 1.42 bits per heavy atom. The Balaban J connectivity index is 1.95. The lowest BCUT2D eigenvalue weighted by molar-refractivity contribution is 0.0997. The van der Waals surface area contributed by atoms with E-state index in [0.29, 0.717) is 23.1 Å². The SMILES string of the molecule is CCCN(CCC)CC(O)Cn1c2ccc(Cl)cc2c2cc(Cl)ccc21. The van der Waals surface area contributed by atoms with Crippen molar-refractivity contribution in [3.63, 3.8) is 0 Å². The molecule has 0 aliphatic carbocycles. The first-order valence-electron chi connectivity index (χ1n) is 9.31. The molecule has 0 saturated carbocycles. The van der Waals surface area contributed by atoms with Crippen molar-refractivity contribution in [1.82, 2.24) is 9.47 Å². The van der Waals surface area contributed by atoms with E-state index in [9.17, 15) is 5.11 Å². The summed E-state index contributed by atoms with van der Waals surface area (Å²) in [4.78, 5) is 2.34. The molecule has 140 valence electrons. The Bertz CT molecular complexity index is 825. The molecule has 0 radical (unpaired) electrons. The fourth-order valence-electron chi connectivity index (χ4n) is 3.74. The van der Waals surface area contributed by atoms with Crippen LogP contribution in [0.15, 0.2) is 36.4 Å². The topological polar surface area (TPSA) is 28.4 Å². The van der Waals surface area contributed by atoms with Gasteiger partial charge in [-0.2, -0.15) is 0 Å². The van der Waals surface area contributed by atoms with Gasteiger partial charge in [0.15, 0.2) is 0 Å². The van der Waals surface area contributed by atoms with E-state index in [2.05, 4.69) is 23.3 Å². The lowest BCUT2D eigenvalue weighted by Gasteiger charge is -2.24. The molecule has 0 spiro atoms. The van der Waals surface area contributed by atoms with Crippen molar-refractivity contribution < 1.29 is 5.11 Å². The number of aliphatic hydroxyl groups is 1. The van der Waals surface area contributed by atoms with Crippen LogP contribution in [0, 0.1) is 0 Å². The van der Waals surface area contributed by atoms with Gasteiger partial charge in [0.25, 0.3) is 0 Å². The largest absolute Gasteiger partial charge is 0.390 e. The molecule has 1 unspecified atom stereocenters. The second kappa shape index (κ2) is 8.62. The zero-order valence-electron chi connectivity index (χ0n) is 15.4. The molecular formula is C21H26Cl2N2O. The number of nitrogens with zero attached hydrogens (tertiary/aromatic N) is 2. The fraction of sp³-hybridized carbons (Fsp3) is 0.429. The Morgan fingerprint density at radius 3 is 1.88 bits per heavy atom. The standard InChI is InChI=1S/C21H26Cl2N2O/c1-3-9-24(10-4-2)13-17(26)14-25-20-7-5-15(22)11-18(20)19-12-16(23)6-8-21(19)25/h5-8,11-12,17,26H,3-4,9-10,13-14H2,1-2H3. The van der Waals surface area contributed by atoms with Crippen LogP contribution in [0.5, 0.6) is 0 Å². The second-order valence-corrected chi connectivity index (χ2v) is 7.76. The van der Waals surface area contributed by atoms with Crippen molar-refractivity contribution in [2.24, 2.45) is 0 Å². The minimum atomic E-state index is -0.432. The van der Waals surface area contributed by atoms with Gasteiger partial charge in [0, 0.05) is 38.4 Å². The minimum absolute atomic E-state index is 0.432. The molecular weight excluding hydrogens is 367 g/mol. The number of aromatic nitrogens is 1. The van der Waals surface area contributed by atoms with Gasteiger partial charge in [-0.05, 0) is 62.3 Å². The minimum Gasteiger partial charge on any atom is -0.390 e. The molecule has 0 amide bonds. The number of aliphatic hydroxyl groups excluding tert-OH is 1. The Morgan fingerprint density at radius 1 is 0.923 bits per heavy atom. The molecule has 0 bridgehead atoms. The Labute approximate surface area is 165 Å². The van der Waals surface area contributed by atoms with Gasteiger partial charge in [0.2, 0.25) is 0 Å². The summed E-state index contributed by atoms with van der Waals surface area (Å²) in [6.45, 7) is 7.62. The molecule has 3 aromatic rings. The maximum absolute atomic E-state index is 10.8. The average Bonchev–Trinajstić information content (AvgIpc) is 2.88. The van der Waals surface area contributed by atoms with Gasteiger partial charge < -0.3 is 14.6 Å². The maximum Gasteiger partial charge on any atom is 0.0845 e. The van der Waals surface area contributed by atoms with E-state index in [-0.39, 0.29) is 0 Å². The van der Waals surface area contributed by atoms with E-state index in [1.165, 1.54) is 0 Å². The predicted octanol–water partition coefficient (Wildman–Crippen LogP) is 5.58. The van der Waals surface area contributed by atoms with Crippen LogP contribution in [0.1, 0.15) is 26.7 Å². The third-order valence-corrected chi connectivity index (χ3v) is 5.20. The number of rotatable bonds is 8. The molecule has 1 aromatic heterocycles. The van der Waals surface area contributed by atoms with Crippen molar-refractivity contribution in [2.45, 2.75) is 39.3 Å². The summed E-state index contributed by atoms with van der Waals surface area (Å²) in [5.74, 6) is 0. The predicted molar refractivity (Wildman–Crippen MR) is 112 cm³/mol. The first-order valence-corrected chi connectivity index (χ1v) is 10.1. The van der Waals surface area contributed by atoms with Gasteiger partial charge in [-0.3, -0.25) is 0 Å². The van der Waals surface area contributed by atoms with Gasteiger partial charge >= 0.3 is 0 Å². The lowest BCUT2D eigenvalue weighted by Crippen LogP contribution is -2.35. The van der Waals surface area contributed by atoms with Crippen LogP contribution in [0.3, 0.4) is 0 Å². The van der Waals surface area contributed by atoms with Crippen LogP contribution in [0.4, 0.5) is 0 Å². The van der Waals surface area contributed by atoms with Crippen molar-refractivity contribution >= 4 is 45.0 Å². The molecule has 0 saturated heterocycles. The quantitative estimate of drug-likeness (QED) is 0.541. The summed E-state index contributed by atoms with van der Waals surface area (Å²) in [7, 11) is 0. The highest BCUT2D eigenvalue weighted by Crippen LogP contribution is 2.33. The normalized spacial score (nSPS) is 13.2. The van der Waals surface area contributed by atoms with Gasteiger partial charge in [-0.25, -0.2) is 0 Å². The van der Waals surface area contributed by atoms with Gasteiger partial charge in [-0.15, -0.1) is 0 Å². The zero-order chi connectivity index (χ0) is 18.7. The molecule has 0 aliphatic rings. The molecule has 5 heteroatoms. The van der Waals surface area contributed by atoms with Crippen LogP contribution in [-0.4, -0.2) is 40.3 Å². The molecule has 0 fully saturated rings. The molecule has 3 nitrogen and oxygen atoms in total. The van der Waals surface area contributed by atoms with Crippen molar-refractivity contribution in [1.29, 1.82) is 0 Å². The van der Waals surface area contributed by atoms with Crippen LogP contribution in [0.2, 0.25) is 10.0 Å². The van der Waals surface area contributed by atoms with E-state index in [0.717, 1.165) is 47.7 Å². The number of hydrogen-bond acceptors (Lipinski definition) is 2. The lowest BCUT2D eigenvalue weighted by atomic mass is 10.1. The molecule has 2 aromatic carbocycles. The van der Waals surface area contributed by atoms with E-state index >= 15 is 0 Å². The number of benzene rings is 2. The fourth-order valence-corrected chi connectivity index (χ4v) is 4.08. The molecule has 3 rings (SSSR count). The highest BCUT2D eigenvalue weighted by Gasteiger charge is 2.16. The zero-order valence-corrected chi connectivity index (χ0v) is 16.9. The first kappa shape index (κ1) is 19.5. The van der Waals surface area contributed by atoms with Crippen molar-refractivity contribution in [2.75, 3.05) is 19.6 Å². The van der Waals surface area contributed by atoms with Crippen LogP contribution >= 0.6 is 23.2 Å². The third-order valence-electron chi connectivity index (χ3n) is 4.73. The van der Waals surface area contributed by atoms with E-state index in [1.807, 2.05) is 36.4 Å².